The van der Waals surface area contributed by atoms with Crippen LogP contribution in [0.3, 0.4) is 0 Å². The van der Waals surface area contributed by atoms with Gasteiger partial charge in [0.25, 0.3) is 0 Å². The van der Waals surface area contributed by atoms with Crippen LogP contribution in [-0.2, 0) is 9.30 Å². The highest BCUT2D eigenvalue weighted by molar-refractivity contribution is 7.73. The molecule has 1 aliphatic carbocycles. The molecular formula is C24H39O5P. The Morgan fingerprint density at radius 2 is 1.87 bits per heavy atom. The summed E-state index contributed by atoms with van der Waals surface area (Å²) < 4.78 is 30.7. The van der Waals surface area contributed by atoms with Gasteiger partial charge in [0.1, 0.15) is 29.3 Å². The predicted molar refractivity (Wildman–Crippen MR) is 123 cm³/mol. The summed E-state index contributed by atoms with van der Waals surface area (Å²) in [6.07, 6.45) is 2.36. The predicted octanol–water partition coefficient (Wildman–Crippen LogP) is 6.83. The molecule has 0 bridgehead atoms. The standard InChI is InChI=1S/C22H33O5P.C2H6/c1-14(2)16-11-10-15(3)12-19(16)27-21(23)26-18-9-7-8-17-20(18)28(24,13-25-17)22(4,5)6;1-2/h7-9,14-16,19H,10-13H2,1-6H3;1-2H3/t15-,16+,19-,28+;/m0./s1. The molecule has 5 nitrogen and oxygen atoms in total. The van der Waals surface area contributed by atoms with Gasteiger partial charge in [-0.05, 0) is 42.7 Å². The molecule has 2 aliphatic rings. The molecule has 0 radical (unpaired) electrons. The zero-order valence-corrected chi connectivity index (χ0v) is 20.8. The Balaban J connectivity index is 0.00000155. The van der Waals surface area contributed by atoms with Crippen LogP contribution in [0.4, 0.5) is 4.79 Å². The summed E-state index contributed by atoms with van der Waals surface area (Å²) in [4.78, 5) is 12.6. The molecule has 1 heterocycles. The molecule has 1 aromatic rings. The van der Waals surface area contributed by atoms with Crippen LogP contribution in [0.15, 0.2) is 18.2 Å². The fraction of sp³-hybridized carbons (Fsp3) is 0.708. The summed E-state index contributed by atoms with van der Waals surface area (Å²) in [5, 5.41) is 0.0419. The maximum absolute atomic E-state index is 13.7. The Labute approximate surface area is 182 Å². The Kier molecular flexibility index (Phi) is 8.07. The van der Waals surface area contributed by atoms with Crippen LogP contribution in [0.1, 0.15) is 74.7 Å². The normalized spacial score (nSPS) is 28.1. The van der Waals surface area contributed by atoms with Gasteiger partial charge in [0.2, 0.25) is 0 Å². The highest BCUT2D eigenvalue weighted by Crippen LogP contribution is 2.63. The van der Waals surface area contributed by atoms with Gasteiger partial charge < -0.3 is 18.8 Å². The van der Waals surface area contributed by atoms with Crippen molar-refractivity contribution in [1.29, 1.82) is 0 Å². The van der Waals surface area contributed by atoms with Crippen molar-refractivity contribution in [3.05, 3.63) is 18.2 Å². The highest BCUT2D eigenvalue weighted by Gasteiger charge is 2.47. The smallest absolute Gasteiger partial charge is 0.485 e. The van der Waals surface area contributed by atoms with Gasteiger partial charge in [-0.3, -0.25) is 0 Å². The van der Waals surface area contributed by atoms with Crippen LogP contribution >= 0.6 is 7.14 Å². The lowest BCUT2D eigenvalue weighted by Gasteiger charge is -2.36. The lowest BCUT2D eigenvalue weighted by Crippen LogP contribution is -2.36. The molecule has 0 spiro atoms. The van der Waals surface area contributed by atoms with E-state index in [9.17, 15) is 9.36 Å². The fourth-order valence-corrected chi connectivity index (χ4v) is 6.78. The number of carbonyl (C=O) groups excluding carboxylic acids is 1. The number of fused-ring (bicyclic) bond motifs is 1. The van der Waals surface area contributed by atoms with E-state index in [-0.39, 0.29) is 12.5 Å². The molecule has 0 unspecified atom stereocenters. The fourth-order valence-electron chi connectivity index (χ4n) is 4.30. The van der Waals surface area contributed by atoms with E-state index >= 15 is 0 Å². The quantitative estimate of drug-likeness (QED) is 0.294. The van der Waals surface area contributed by atoms with Crippen LogP contribution in [-0.4, -0.2) is 23.8 Å². The third-order valence-corrected chi connectivity index (χ3v) is 10.0. The number of benzene rings is 1. The van der Waals surface area contributed by atoms with Crippen molar-refractivity contribution in [2.75, 3.05) is 6.35 Å². The summed E-state index contributed by atoms with van der Waals surface area (Å²) in [5.74, 6) is 2.15. The third kappa shape index (κ3) is 5.04. The van der Waals surface area contributed by atoms with E-state index < -0.39 is 18.5 Å². The summed E-state index contributed by atoms with van der Waals surface area (Å²) in [7, 11) is -2.87. The average Bonchev–Trinajstić information content (AvgIpc) is 3.02. The molecule has 170 valence electrons. The maximum atomic E-state index is 13.7. The van der Waals surface area contributed by atoms with Gasteiger partial charge in [0, 0.05) is 5.16 Å². The van der Waals surface area contributed by atoms with Crippen molar-refractivity contribution in [2.24, 2.45) is 17.8 Å². The van der Waals surface area contributed by atoms with Gasteiger partial charge >= 0.3 is 6.16 Å². The lowest BCUT2D eigenvalue weighted by molar-refractivity contribution is -0.0135. The molecular weight excluding hydrogens is 399 g/mol. The largest absolute Gasteiger partial charge is 0.514 e. The molecule has 4 atom stereocenters. The van der Waals surface area contributed by atoms with E-state index in [0.29, 0.717) is 34.6 Å². The molecule has 3 rings (SSSR count). The molecule has 6 heteroatoms. The van der Waals surface area contributed by atoms with Crippen LogP contribution in [0, 0.1) is 17.8 Å². The highest BCUT2D eigenvalue weighted by atomic mass is 31.2. The van der Waals surface area contributed by atoms with E-state index in [4.69, 9.17) is 14.2 Å². The minimum Gasteiger partial charge on any atom is -0.485 e. The second-order valence-corrected chi connectivity index (χ2v) is 13.1. The van der Waals surface area contributed by atoms with E-state index in [1.54, 1.807) is 18.2 Å². The van der Waals surface area contributed by atoms with Gasteiger partial charge in [-0.1, -0.05) is 67.9 Å². The average molecular weight is 439 g/mol. The first-order valence-electron chi connectivity index (χ1n) is 11.3. The number of hydrogen-bond acceptors (Lipinski definition) is 5. The Hall–Kier alpha value is -1.48. The first-order valence-corrected chi connectivity index (χ1v) is 13.2. The summed E-state index contributed by atoms with van der Waals surface area (Å²) in [6, 6.07) is 5.20. The minimum atomic E-state index is -2.87. The van der Waals surface area contributed by atoms with Crippen molar-refractivity contribution >= 4 is 18.6 Å². The van der Waals surface area contributed by atoms with Crippen molar-refractivity contribution in [3.8, 4) is 11.5 Å². The molecule has 30 heavy (non-hydrogen) atoms. The molecule has 0 N–H and O–H groups in total. The van der Waals surface area contributed by atoms with Crippen LogP contribution in [0.5, 0.6) is 11.5 Å². The number of rotatable bonds is 3. The van der Waals surface area contributed by atoms with Gasteiger partial charge in [0.15, 0.2) is 7.14 Å². The molecule has 1 saturated carbocycles. The van der Waals surface area contributed by atoms with Crippen LogP contribution in [0.2, 0.25) is 0 Å². The topological polar surface area (TPSA) is 61.8 Å². The second-order valence-electron chi connectivity index (χ2n) is 9.62. The maximum Gasteiger partial charge on any atom is 0.514 e. The number of ether oxygens (including phenoxy) is 3. The van der Waals surface area contributed by atoms with Gasteiger partial charge in [0.05, 0.1) is 0 Å². The van der Waals surface area contributed by atoms with E-state index in [1.807, 2.05) is 34.6 Å². The SMILES string of the molecule is CC.CC(C)[C@H]1CC[C@H](C)C[C@@H]1OC(=O)Oc1cccc2c1[P@@](=O)(C(C)(C)C)CO2. The van der Waals surface area contributed by atoms with E-state index in [0.717, 1.165) is 19.3 Å². The first kappa shape index (κ1) is 24.8. The molecule has 1 fully saturated rings. The lowest BCUT2D eigenvalue weighted by atomic mass is 9.75. The molecule has 0 aromatic heterocycles. The zero-order valence-electron chi connectivity index (χ0n) is 19.9. The number of hydrogen-bond donors (Lipinski definition) is 0. The summed E-state index contributed by atoms with van der Waals surface area (Å²) >= 11 is 0. The van der Waals surface area contributed by atoms with Crippen LogP contribution < -0.4 is 14.8 Å². The molecule has 0 saturated heterocycles. The zero-order chi connectivity index (χ0) is 22.7. The Morgan fingerprint density at radius 3 is 2.47 bits per heavy atom. The van der Waals surface area contributed by atoms with Crippen molar-refractivity contribution in [1.82, 2.24) is 0 Å². The van der Waals surface area contributed by atoms with Crippen molar-refractivity contribution in [3.63, 3.8) is 0 Å². The van der Waals surface area contributed by atoms with Crippen LogP contribution in [0.25, 0.3) is 0 Å². The Bertz CT molecular complexity index is 780. The van der Waals surface area contributed by atoms with Gasteiger partial charge in [-0.15, -0.1) is 0 Å². The van der Waals surface area contributed by atoms with Crippen molar-refractivity contribution < 1.29 is 23.6 Å². The van der Waals surface area contributed by atoms with E-state index in [2.05, 4.69) is 20.8 Å². The van der Waals surface area contributed by atoms with Gasteiger partial charge in [-0.25, -0.2) is 4.79 Å². The monoisotopic (exact) mass is 438 g/mol. The van der Waals surface area contributed by atoms with E-state index in [1.165, 1.54) is 0 Å². The Morgan fingerprint density at radius 1 is 1.20 bits per heavy atom. The second kappa shape index (κ2) is 9.77. The molecule has 1 aliphatic heterocycles. The minimum absolute atomic E-state index is 0.136. The summed E-state index contributed by atoms with van der Waals surface area (Å²) in [5.41, 5.74) is 0. The first-order chi connectivity index (χ1) is 14.0. The number of carbonyl (C=O) groups is 1. The van der Waals surface area contributed by atoms with Crippen molar-refractivity contribution in [2.45, 2.75) is 85.9 Å². The molecule has 0 amide bonds. The third-order valence-electron chi connectivity index (χ3n) is 6.21. The molecule has 1 aromatic carbocycles. The van der Waals surface area contributed by atoms with Gasteiger partial charge in [-0.2, -0.15) is 0 Å². The summed E-state index contributed by atoms with van der Waals surface area (Å²) in [6.45, 7) is 16.3.